The summed E-state index contributed by atoms with van der Waals surface area (Å²) in [6, 6.07) is 1.22. The highest BCUT2D eigenvalue weighted by molar-refractivity contribution is 5.76. The lowest BCUT2D eigenvalue weighted by Crippen LogP contribution is -2.43. The highest BCUT2D eigenvalue weighted by atomic mass is 16.3. The molecule has 2 rings (SSSR count). The van der Waals surface area contributed by atoms with Crippen molar-refractivity contribution in [2.75, 3.05) is 19.7 Å². The third-order valence-electron chi connectivity index (χ3n) is 3.61. The van der Waals surface area contributed by atoms with Gasteiger partial charge in [-0.05, 0) is 25.2 Å². The van der Waals surface area contributed by atoms with Gasteiger partial charge in [-0.15, -0.1) is 0 Å². The van der Waals surface area contributed by atoms with E-state index in [9.17, 15) is 14.4 Å². The molecular formula is C13H19N3O4. The number of rotatable bonds is 4. The van der Waals surface area contributed by atoms with E-state index in [1.165, 1.54) is 16.8 Å². The molecule has 2 heterocycles. The minimum Gasteiger partial charge on any atom is -0.396 e. The van der Waals surface area contributed by atoms with Gasteiger partial charge in [-0.25, -0.2) is 4.79 Å². The molecule has 1 aromatic rings. The fourth-order valence-electron chi connectivity index (χ4n) is 2.52. The number of H-pyrrole nitrogens is 1. The second kappa shape index (κ2) is 6.51. The summed E-state index contributed by atoms with van der Waals surface area (Å²) in [5.41, 5.74) is -1.05. The summed E-state index contributed by atoms with van der Waals surface area (Å²) < 4.78 is 1.19. The first-order chi connectivity index (χ1) is 9.60. The van der Waals surface area contributed by atoms with Crippen LogP contribution in [0.3, 0.4) is 0 Å². The molecule has 0 saturated carbocycles. The number of carbonyl (C=O) groups excluding carboxylic acids is 1. The Hall–Kier alpha value is -1.89. The number of nitrogens with one attached hydrogen (secondary N) is 1. The zero-order valence-electron chi connectivity index (χ0n) is 11.2. The van der Waals surface area contributed by atoms with Crippen molar-refractivity contribution in [2.45, 2.75) is 25.8 Å². The molecular weight excluding hydrogens is 262 g/mol. The molecule has 1 aromatic heterocycles. The number of aromatic amines is 1. The number of aliphatic hydroxyl groups excluding tert-OH is 1. The predicted octanol–water partition coefficient (Wildman–Crippen LogP) is -0.842. The number of nitrogens with zero attached hydrogens (tertiary/aromatic N) is 2. The van der Waals surface area contributed by atoms with Crippen LogP contribution in [0.5, 0.6) is 0 Å². The molecule has 1 aliphatic rings. The van der Waals surface area contributed by atoms with Gasteiger partial charge in [0.25, 0.3) is 5.56 Å². The van der Waals surface area contributed by atoms with Gasteiger partial charge in [0.2, 0.25) is 5.91 Å². The first kappa shape index (κ1) is 14.5. The van der Waals surface area contributed by atoms with E-state index in [1.807, 2.05) is 0 Å². The molecule has 0 radical (unpaired) electrons. The van der Waals surface area contributed by atoms with Crippen LogP contribution in [0, 0.1) is 5.92 Å². The normalized spacial score (nSPS) is 19.1. The summed E-state index contributed by atoms with van der Waals surface area (Å²) in [4.78, 5) is 38.5. The Morgan fingerprint density at radius 1 is 1.45 bits per heavy atom. The van der Waals surface area contributed by atoms with Gasteiger partial charge in [0.1, 0.15) is 6.54 Å². The van der Waals surface area contributed by atoms with Crippen LogP contribution < -0.4 is 11.2 Å². The average Bonchev–Trinajstić information content (AvgIpc) is 2.42. The van der Waals surface area contributed by atoms with Crippen molar-refractivity contribution in [3.63, 3.8) is 0 Å². The van der Waals surface area contributed by atoms with Crippen molar-refractivity contribution in [1.82, 2.24) is 14.5 Å². The van der Waals surface area contributed by atoms with E-state index in [0.717, 1.165) is 12.8 Å². The molecule has 0 spiro atoms. The molecule has 0 aromatic carbocycles. The van der Waals surface area contributed by atoms with Gasteiger partial charge < -0.3 is 10.0 Å². The van der Waals surface area contributed by atoms with Crippen LogP contribution in [0.1, 0.15) is 19.3 Å². The molecule has 20 heavy (non-hydrogen) atoms. The largest absolute Gasteiger partial charge is 0.396 e. The molecule has 7 nitrogen and oxygen atoms in total. The number of hydrogen-bond donors (Lipinski definition) is 2. The molecule has 0 aliphatic carbocycles. The Morgan fingerprint density at radius 2 is 2.25 bits per heavy atom. The number of aromatic nitrogens is 2. The van der Waals surface area contributed by atoms with Crippen molar-refractivity contribution < 1.29 is 9.90 Å². The summed E-state index contributed by atoms with van der Waals surface area (Å²) >= 11 is 0. The third-order valence-corrected chi connectivity index (χ3v) is 3.61. The van der Waals surface area contributed by atoms with Gasteiger partial charge in [-0.3, -0.25) is 19.1 Å². The van der Waals surface area contributed by atoms with E-state index in [4.69, 9.17) is 5.11 Å². The quantitative estimate of drug-likeness (QED) is 0.752. The maximum absolute atomic E-state index is 12.2. The van der Waals surface area contributed by atoms with Gasteiger partial charge in [0.15, 0.2) is 0 Å². The van der Waals surface area contributed by atoms with Crippen molar-refractivity contribution >= 4 is 5.91 Å². The highest BCUT2D eigenvalue weighted by Crippen LogP contribution is 2.19. The summed E-state index contributed by atoms with van der Waals surface area (Å²) in [6.07, 6.45) is 3.95. The van der Waals surface area contributed by atoms with Crippen molar-refractivity contribution in [3.05, 3.63) is 33.1 Å². The van der Waals surface area contributed by atoms with Crippen LogP contribution in [0.4, 0.5) is 0 Å². The van der Waals surface area contributed by atoms with E-state index in [0.29, 0.717) is 25.4 Å². The Bertz CT molecular complexity index is 575. The van der Waals surface area contributed by atoms with Crippen LogP contribution in [0.25, 0.3) is 0 Å². The molecule has 2 N–H and O–H groups in total. The predicted molar refractivity (Wildman–Crippen MR) is 72.3 cm³/mol. The fourth-order valence-corrected chi connectivity index (χ4v) is 2.52. The monoisotopic (exact) mass is 281 g/mol. The van der Waals surface area contributed by atoms with E-state index < -0.39 is 11.2 Å². The second-order valence-corrected chi connectivity index (χ2v) is 5.10. The molecule has 1 fully saturated rings. The Labute approximate surface area is 115 Å². The number of carbonyl (C=O) groups is 1. The number of piperidine rings is 1. The molecule has 7 heteroatoms. The zero-order chi connectivity index (χ0) is 14.5. The SMILES string of the molecule is O=C(Cn1ccc(=O)[nH]c1=O)N1CCCC(CCO)C1. The molecule has 1 amide bonds. The van der Waals surface area contributed by atoms with Gasteiger partial charge in [0.05, 0.1) is 0 Å². The lowest BCUT2D eigenvalue weighted by atomic mass is 9.95. The lowest BCUT2D eigenvalue weighted by Gasteiger charge is -2.32. The fraction of sp³-hybridized carbons (Fsp3) is 0.615. The maximum atomic E-state index is 12.2. The summed E-state index contributed by atoms with van der Waals surface area (Å²) in [7, 11) is 0. The molecule has 1 atom stereocenters. The Kier molecular flexibility index (Phi) is 4.73. The number of likely N-dealkylation sites (tertiary alicyclic amines) is 1. The van der Waals surface area contributed by atoms with Crippen molar-refractivity contribution in [1.29, 1.82) is 0 Å². The average molecular weight is 281 g/mol. The molecule has 1 unspecified atom stereocenters. The van der Waals surface area contributed by atoms with Gasteiger partial charge in [-0.1, -0.05) is 0 Å². The number of amides is 1. The Morgan fingerprint density at radius 3 is 2.95 bits per heavy atom. The van der Waals surface area contributed by atoms with Crippen LogP contribution in [0.15, 0.2) is 21.9 Å². The minimum absolute atomic E-state index is 0.0680. The van der Waals surface area contributed by atoms with Gasteiger partial charge in [-0.2, -0.15) is 0 Å². The second-order valence-electron chi connectivity index (χ2n) is 5.10. The standard InChI is InChI=1S/C13H19N3O4/c17-7-4-10-2-1-5-15(8-10)12(19)9-16-6-3-11(18)14-13(16)20/h3,6,10,17H,1-2,4-5,7-9H2,(H,14,18,20). The van der Waals surface area contributed by atoms with Crippen LogP contribution in [-0.2, 0) is 11.3 Å². The minimum atomic E-state index is -0.574. The number of aliphatic hydroxyl groups is 1. The first-order valence-corrected chi connectivity index (χ1v) is 6.78. The summed E-state index contributed by atoms with van der Waals surface area (Å²) in [5, 5.41) is 8.96. The van der Waals surface area contributed by atoms with E-state index in [1.54, 1.807) is 4.90 Å². The topological polar surface area (TPSA) is 95.4 Å². The third kappa shape index (κ3) is 3.57. The van der Waals surface area contributed by atoms with Crippen LogP contribution in [0.2, 0.25) is 0 Å². The molecule has 1 saturated heterocycles. The molecule has 1 aliphatic heterocycles. The summed E-state index contributed by atoms with van der Waals surface area (Å²) in [6.45, 7) is 1.36. The highest BCUT2D eigenvalue weighted by Gasteiger charge is 2.23. The smallest absolute Gasteiger partial charge is 0.328 e. The van der Waals surface area contributed by atoms with E-state index in [2.05, 4.69) is 4.98 Å². The van der Waals surface area contributed by atoms with Crippen molar-refractivity contribution in [2.24, 2.45) is 5.92 Å². The summed E-state index contributed by atoms with van der Waals surface area (Å²) in [5.74, 6) is 0.187. The molecule has 110 valence electrons. The molecule has 0 bridgehead atoms. The Balaban J connectivity index is 2.00. The van der Waals surface area contributed by atoms with E-state index >= 15 is 0 Å². The van der Waals surface area contributed by atoms with E-state index in [-0.39, 0.29) is 19.1 Å². The maximum Gasteiger partial charge on any atom is 0.328 e. The van der Waals surface area contributed by atoms with Crippen LogP contribution >= 0.6 is 0 Å². The first-order valence-electron chi connectivity index (χ1n) is 6.78. The lowest BCUT2D eigenvalue weighted by molar-refractivity contribution is -0.133. The van der Waals surface area contributed by atoms with Gasteiger partial charge >= 0.3 is 5.69 Å². The van der Waals surface area contributed by atoms with Crippen LogP contribution in [-0.4, -0.2) is 45.2 Å². The van der Waals surface area contributed by atoms with Gasteiger partial charge in [0, 0.05) is 32.0 Å². The van der Waals surface area contributed by atoms with Crippen molar-refractivity contribution in [3.8, 4) is 0 Å². The number of hydrogen-bond acceptors (Lipinski definition) is 4. The zero-order valence-corrected chi connectivity index (χ0v) is 11.2.